The normalized spacial score (nSPS) is 18.6. The third kappa shape index (κ3) is 2.11. The van der Waals surface area contributed by atoms with Crippen LogP contribution in [0.4, 0.5) is 0 Å². The van der Waals surface area contributed by atoms with E-state index in [-0.39, 0.29) is 6.54 Å². The molecule has 0 atom stereocenters. The van der Waals surface area contributed by atoms with Crippen molar-refractivity contribution in [2.75, 3.05) is 6.54 Å². The van der Waals surface area contributed by atoms with Crippen molar-refractivity contribution in [2.45, 2.75) is 32.0 Å². The first-order valence-corrected chi connectivity index (χ1v) is 4.17. The molecule has 0 radical (unpaired) electrons. The summed E-state index contributed by atoms with van der Waals surface area (Å²) < 4.78 is 5.09. The first kappa shape index (κ1) is 10.7. The van der Waals surface area contributed by atoms with Gasteiger partial charge in [-0.15, -0.1) is 10.2 Å². The van der Waals surface area contributed by atoms with Gasteiger partial charge < -0.3 is 10.5 Å². The topological polar surface area (TPSA) is 102 Å². The summed E-state index contributed by atoms with van der Waals surface area (Å²) in [6.07, 6.45) is 0. The molecule has 0 spiro atoms. The molecule has 0 aromatic rings. The summed E-state index contributed by atoms with van der Waals surface area (Å²) in [7, 11) is 0. The zero-order valence-corrected chi connectivity index (χ0v) is 8.39. The Hall–Kier alpha value is -1.37. The zero-order chi connectivity index (χ0) is 10.8. The van der Waals surface area contributed by atoms with Crippen LogP contribution in [0.25, 0.3) is 0 Å². The van der Waals surface area contributed by atoms with Crippen LogP contribution in [0.3, 0.4) is 0 Å². The molecule has 2 N–H and O–H groups in total. The lowest BCUT2D eigenvalue weighted by atomic mass is 10.1. The fourth-order valence-electron chi connectivity index (χ4n) is 0.814. The monoisotopic (exact) mass is 199 g/mol. The third-order valence-corrected chi connectivity index (χ3v) is 1.47. The summed E-state index contributed by atoms with van der Waals surface area (Å²) in [5.74, 6) is -0.627. The van der Waals surface area contributed by atoms with E-state index in [4.69, 9.17) is 10.5 Å². The molecule has 14 heavy (non-hydrogen) atoms. The smallest absolute Gasteiger partial charge is 0.362 e. The predicted octanol–water partition coefficient (Wildman–Crippen LogP) is 0.816. The Morgan fingerprint density at radius 1 is 1.36 bits per heavy atom. The molecule has 0 saturated carbocycles. The Balaban J connectivity index is 2.77. The minimum absolute atomic E-state index is 0.102. The average molecular weight is 199 g/mol. The zero-order valence-electron chi connectivity index (χ0n) is 8.39. The summed E-state index contributed by atoms with van der Waals surface area (Å²) in [4.78, 5) is 11.6. The summed E-state index contributed by atoms with van der Waals surface area (Å²) in [5.41, 5.74) is 3.31. The van der Waals surface area contributed by atoms with Crippen molar-refractivity contribution >= 4 is 5.97 Å². The first-order valence-electron chi connectivity index (χ1n) is 4.17. The van der Waals surface area contributed by atoms with Crippen LogP contribution in [0.2, 0.25) is 0 Å². The quantitative estimate of drug-likeness (QED) is 0.666. The second-order valence-corrected chi connectivity index (χ2v) is 3.90. The lowest BCUT2D eigenvalue weighted by Crippen LogP contribution is -2.45. The molecule has 0 aliphatic carbocycles. The molecule has 1 aliphatic rings. The van der Waals surface area contributed by atoms with Crippen molar-refractivity contribution in [3.05, 3.63) is 0 Å². The van der Waals surface area contributed by atoms with Gasteiger partial charge in [0.25, 0.3) is 0 Å². The van der Waals surface area contributed by atoms with E-state index < -0.39 is 17.2 Å². The molecule has 0 unspecified atom stereocenters. The molecular formula is C7H13N5O2. The van der Waals surface area contributed by atoms with Crippen LogP contribution < -0.4 is 5.73 Å². The van der Waals surface area contributed by atoms with Gasteiger partial charge in [0.05, 0.1) is 6.54 Å². The van der Waals surface area contributed by atoms with Gasteiger partial charge in [-0.05, 0) is 31.2 Å². The molecule has 1 aliphatic heterocycles. The largest absolute Gasteiger partial charge is 0.457 e. The van der Waals surface area contributed by atoms with Crippen molar-refractivity contribution in [3.63, 3.8) is 0 Å². The highest BCUT2D eigenvalue weighted by atomic mass is 16.6. The first-order chi connectivity index (χ1) is 6.40. The van der Waals surface area contributed by atoms with E-state index in [0.717, 1.165) is 0 Å². The van der Waals surface area contributed by atoms with Crippen molar-refractivity contribution in [1.82, 2.24) is 0 Å². The van der Waals surface area contributed by atoms with Gasteiger partial charge in [-0.3, -0.25) is 0 Å². The molecule has 7 heteroatoms. The number of hydrogen-bond donors (Lipinski definition) is 1. The van der Waals surface area contributed by atoms with Crippen LogP contribution in [-0.2, 0) is 9.53 Å². The van der Waals surface area contributed by atoms with Crippen LogP contribution in [0, 0.1) is 0 Å². The van der Waals surface area contributed by atoms with E-state index in [0.29, 0.717) is 0 Å². The maximum absolute atomic E-state index is 11.6. The van der Waals surface area contributed by atoms with Crippen molar-refractivity contribution in [3.8, 4) is 0 Å². The Kier molecular flexibility index (Phi) is 2.61. The molecule has 1 heterocycles. The van der Waals surface area contributed by atoms with Crippen molar-refractivity contribution in [1.29, 1.82) is 0 Å². The third-order valence-electron chi connectivity index (χ3n) is 1.47. The molecule has 1 rings (SSSR count). The molecule has 0 aromatic carbocycles. The highest BCUT2D eigenvalue weighted by Crippen LogP contribution is 2.23. The second kappa shape index (κ2) is 3.41. The Bertz CT molecular complexity index is 279. The van der Waals surface area contributed by atoms with Crippen LogP contribution in [0.5, 0.6) is 0 Å². The van der Waals surface area contributed by atoms with Gasteiger partial charge >= 0.3 is 11.6 Å². The number of carbonyl (C=O) groups excluding carboxylic acids is 1. The molecule has 0 amide bonds. The Labute approximate surface area is 81.4 Å². The summed E-state index contributed by atoms with van der Waals surface area (Å²) in [6, 6.07) is 0. The van der Waals surface area contributed by atoms with E-state index >= 15 is 0 Å². The van der Waals surface area contributed by atoms with Crippen LogP contribution in [0.15, 0.2) is 20.7 Å². The van der Waals surface area contributed by atoms with Crippen LogP contribution >= 0.6 is 0 Å². The van der Waals surface area contributed by atoms with Gasteiger partial charge in [-0.25, -0.2) is 4.79 Å². The fraction of sp³-hybridized carbons (Fsp3) is 0.857. The maximum Gasteiger partial charge on any atom is 0.362 e. The van der Waals surface area contributed by atoms with E-state index in [2.05, 4.69) is 20.7 Å². The number of esters is 1. The minimum Gasteiger partial charge on any atom is -0.457 e. The van der Waals surface area contributed by atoms with Gasteiger partial charge in [0, 0.05) is 0 Å². The number of ether oxygens (including phenoxy) is 1. The SMILES string of the molecule is CC(C)(C)OC(=O)C1(CN)N=NN=N1. The van der Waals surface area contributed by atoms with E-state index in [1.807, 2.05) is 0 Å². The molecule has 0 fully saturated rings. The van der Waals surface area contributed by atoms with Crippen molar-refractivity contribution in [2.24, 2.45) is 26.4 Å². The standard InChI is InChI=1S/C7H13N5O2/c1-6(2,3)14-5(13)7(4-8)9-11-12-10-7/h4,8H2,1-3H3. The predicted molar refractivity (Wildman–Crippen MR) is 47.3 cm³/mol. The Morgan fingerprint density at radius 3 is 2.21 bits per heavy atom. The molecule has 7 nitrogen and oxygen atoms in total. The number of nitrogens with two attached hydrogens (primary N) is 1. The van der Waals surface area contributed by atoms with Gasteiger partial charge in [0.1, 0.15) is 5.60 Å². The van der Waals surface area contributed by atoms with Gasteiger partial charge in [-0.2, -0.15) is 0 Å². The summed E-state index contributed by atoms with van der Waals surface area (Å²) >= 11 is 0. The lowest BCUT2D eigenvalue weighted by Gasteiger charge is -2.24. The summed E-state index contributed by atoms with van der Waals surface area (Å²) in [6.45, 7) is 5.14. The minimum atomic E-state index is -1.47. The van der Waals surface area contributed by atoms with Gasteiger partial charge in [-0.1, -0.05) is 0 Å². The van der Waals surface area contributed by atoms with E-state index in [1.54, 1.807) is 20.8 Å². The number of nitrogens with zero attached hydrogens (tertiary/aromatic N) is 4. The van der Waals surface area contributed by atoms with E-state index in [1.165, 1.54) is 0 Å². The highest BCUT2D eigenvalue weighted by Gasteiger charge is 2.44. The Morgan fingerprint density at radius 2 is 1.86 bits per heavy atom. The lowest BCUT2D eigenvalue weighted by molar-refractivity contribution is -0.160. The van der Waals surface area contributed by atoms with Crippen LogP contribution in [0.1, 0.15) is 20.8 Å². The maximum atomic E-state index is 11.6. The van der Waals surface area contributed by atoms with E-state index in [9.17, 15) is 4.79 Å². The van der Waals surface area contributed by atoms with Gasteiger partial charge in [0.2, 0.25) is 0 Å². The number of rotatable bonds is 2. The highest BCUT2D eigenvalue weighted by molar-refractivity contribution is 5.81. The number of carbonyl (C=O) groups is 1. The summed E-state index contributed by atoms with van der Waals surface area (Å²) in [5, 5.41) is 13.6. The molecule has 0 aromatic heterocycles. The fourth-order valence-corrected chi connectivity index (χ4v) is 0.814. The van der Waals surface area contributed by atoms with Crippen LogP contribution in [-0.4, -0.2) is 23.8 Å². The second-order valence-electron chi connectivity index (χ2n) is 3.90. The average Bonchev–Trinajstić information content (AvgIpc) is 2.49. The molecular weight excluding hydrogens is 186 g/mol. The molecule has 0 saturated heterocycles. The molecule has 78 valence electrons. The van der Waals surface area contributed by atoms with Crippen molar-refractivity contribution < 1.29 is 9.53 Å². The molecule has 0 bridgehead atoms. The number of hydrogen-bond acceptors (Lipinski definition) is 7. The van der Waals surface area contributed by atoms with Gasteiger partial charge in [0.15, 0.2) is 0 Å².